The van der Waals surface area contributed by atoms with Gasteiger partial charge in [0, 0.05) is 6.04 Å². The Balaban J connectivity index is 1.77. The molecule has 0 bridgehead atoms. The molecule has 1 fully saturated rings. The number of sulfonamides is 1. The van der Waals surface area contributed by atoms with Crippen LogP contribution < -0.4 is 4.72 Å². The average molecular weight is 317 g/mol. The fourth-order valence-corrected chi connectivity index (χ4v) is 4.65. The highest BCUT2D eigenvalue weighted by atomic mass is 32.2. The second-order valence-corrected chi connectivity index (χ2v) is 7.97. The van der Waals surface area contributed by atoms with Gasteiger partial charge in [-0.3, -0.25) is 0 Å². The Labute approximate surface area is 132 Å². The zero-order valence-electron chi connectivity index (χ0n) is 13.0. The number of nitrogens with one attached hydrogen (secondary N) is 1. The second-order valence-electron chi connectivity index (χ2n) is 6.26. The van der Waals surface area contributed by atoms with Crippen molar-refractivity contribution in [3.05, 3.63) is 42.5 Å². The van der Waals surface area contributed by atoms with Crippen LogP contribution in [0.3, 0.4) is 0 Å². The summed E-state index contributed by atoms with van der Waals surface area (Å²) < 4.78 is 28.1. The molecule has 0 aliphatic heterocycles. The van der Waals surface area contributed by atoms with E-state index in [0.717, 1.165) is 42.4 Å². The van der Waals surface area contributed by atoms with E-state index in [1.165, 1.54) is 6.42 Å². The minimum atomic E-state index is -3.43. The molecular weight excluding hydrogens is 294 g/mol. The molecule has 118 valence electrons. The van der Waals surface area contributed by atoms with Gasteiger partial charge in [0.25, 0.3) is 0 Å². The summed E-state index contributed by atoms with van der Waals surface area (Å²) in [6.07, 6.45) is 5.35. The standard InChI is InChI=1S/C18H23NO2S/c1-2-14-7-10-17(11-8-14)19-22(20,21)18-12-9-15-5-3-4-6-16(15)13-18/h3-6,9,12-14,17,19H,2,7-8,10-11H2,1H3. The van der Waals surface area contributed by atoms with E-state index < -0.39 is 10.0 Å². The van der Waals surface area contributed by atoms with Crippen LogP contribution in [0.2, 0.25) is 0 Å². The molecule has 0 spiro atoms. The van der Waals surface area contributed by atoms with Crippen LogP contribution >= 0.6 is 0 Å². The molecule has 1 aliphatic rings. The molecule has 0 aromatic heterocycles. The minimum absolute atomic E-state index is 0.0827. The molecule has 0 atom stereocenters. The maximum absolute atomic E-state index is 12.6. The van der Waals surface area contributed by atoms with E-state index in [-0.39, 0.29) is 6.04 Å². The highest BCUT2D eigenvalue weighted by Gasteiger charge is 2.25. The molecule has 1 N–H and O–H groups in total. The molecule has 3 rings (SSSR count). The molecule has 2 aromatic carbocycles. The zero-order valence-corrected chi connectivity index (χ0v) is 13.8. The molecule has 3 nitrogen and oxygen atoms in total. The van der Waals surface area contributed by atoms with Gasteiger partial charge in [0.05, 0.1) is 4.90 Å². The second kappa shape index (κ2) is 6.39. The Kier molecular flexibility index (Phi) is 4.50. The van der Waals surface area contributed by atoms with E-state index >= 15 is 0 Å². The normalized spacial score (nSPS) is 22.8. The molecule has 0 amide bonds. The Morgan fingerprint density at radius 1 is 1.00 bits per heavy atom. The van der Waals surface area contributed by atoms with Crippen molar-refractivity contribution < 1.29 is 8.42 Å². The molecule has 1 saturated carbocycles. The van der Waals surface area contributed by atoms with Crippen LogP contribution in [-0.2, 0) is 10.0 Å². The predicted molar refractivity (Wildman–Crippen MR) is 90.3 cm³/mol. The fourth-order valence-electron chi connectivity index (χ4n) is 3.31. The van der Waals surface area contributed by atoms with Gasteiger partial charge in [-0.1, -0.05) is 43.7 Å². The number of fused-ring (bicyclic) bond motifs is 1. The van der Waals surface area contributed by atoms with Crippen LogP contribution in [0, 0.1) is 5.92 Å². The zero-order chi connectivity index (χ0) is 15.6. The lowest BCUT2D eigenvalue weighted by Gasteiger charge is -2.28. The van der Waals surface area contributed by atoms with E-state index in [4.69, 9.17) is 0 Å². The predicted octanol–water partition coefficient (Wildman–Crippen LogP) is 4.09. The number of benzene rings is 2. The summed E-state index contributed by atoms with van der Waals surface area (Å²) in [7, 11) is -3.43. The number of hydrogen-bond acceptors (Lipinski definition) is 2. The van der Waals surface area contributed by atoms with Gasteiger partial charge >= 0.3 is 0 Å². The van der Waals surface area contributed by atoms with Crippen LogP contribution in [0.4, 0.5) is 0 Å². The quantitative estimate of drug-likeness (QED) is 0.923. The Morgan fingerprint density at radius 3 is 2.36 bits per heavy atom. The lowest BCUT2D eigenvalue weighted by atomic mass is 9.85. The van der Waals surface area contributed by atoms with Crippen molar-refractivity contribution in [3.8, 4) is 0 Å². The van der Waals surface area contributed by atoms with Crippen molar-refractivity contribution >= 4 is 20.8 Å². The average Bonchev–Trinajstić information content (AvgIpc) is 2.55. The van der Waals surface area contributed by atoms with Gasteiger partial charge in [0.2, 0.25) is 10.0 Å². The van der Waals surface area contributed by atoms with Gasteiger partial charge in [0.1, 0.15) is 0 Å². The maximum atomic E-state index is 12.6. The molecule has 1 aliphatic carbocycles. The molecule has 0 radical (unpaired) electrons. The summed E-state index contributed by atoms with van der Waals surface area (Å²) in [5.74, 6) is 0.765. The van der Waals surface area contributed by atoms with Crippen LogP contribution in [0.15, 0.2) is 47.4 Å². The van der Waals surface area contributed by atoms with Crippen molar-refractivity contribution in [1.29, 1.82) is 0 Å². The van der Waals surface area contributed by atoms with Crippen LogP contribution in [-0.4, -0.2) is 14.5 Å². The van der Waals surface area contributed by atoms with Crippen LogP contribution in [0.5, 0.6) is 0 Å². The van der Waals surface area contributed by atoms with Gasteiger partial charge < -0.3 is 0 Å². The SMILES string of the molecule is CCC1CCC(NS(=O)(=O)c2ccc3ccccc3c2)CC1. The first-order chi connectivity index (χ1) is 10.6. The van der Waals surface area contributed by atoms with Gasteiger partial charge in [-0.2, -0.15) is 0 Å². The highest BCUT2D eigenvalue weighted by Crippen LogP contribution is 2.27. The van der Waals surface area contributed by atoms with Crippen molar-refractivity contribution in [2.75, 3.05) is 0 Å². The summed E-state index contributed by atoms with van der Waals surface area (Å²) in [5.41, 5.74) is 0. The topological polar surface area (TPSA) is 46.2 Å². The largest absolute Gasteiger partial charge is 0.240 e. The van der Waals surface area contributed by atoms with Crippen molar-refractivity contribution in [2.24, 2.45) is 5.92 Å². The molecule has 22 heavy (non-hydrogen) atoms. The summed E-state index contributed by atoms with van der Waals surface area (Å²) in [5, 5.41) is 2.02. The molecule has 0 saturated heterocycles. The first-order valence-corrected chi connectivity index (χ1v) is 9.58. The fraction of sp³-hybridized carbons (Fsp3) is 0.444. The monoisotopic (exact) mass is 317 g/mol. The summed E-state index contributed by atoms with van der Waals surface area (Å²) in [6, 6.07) is 13.2. The van der Waals surface area contributed by atoms with Crippen LogP contribution in [0.1, 0.15) is 39.0 Å². The van der Waals surface area contributed by atoms with E-state index in [1.54, 1.807) is 12.1 Å². The van der Waals surface area contributed by atoms with Gasteiger partial charge in [-0.15, -0.1) is 0 Å². The lowest BCUT2D eigenvalue weighted by molar-refractivity contribution is 0.306. The Hall–Kier alpha value is -1.39. The third-order valence-electron chi connectivity index (χ3n) is 4.78. The van der Waals surface area contributed by atoms with Crippen molar-refractivity contribution in [2.45, 2.75) is 50.0 Å². The Bertz CT molecular complexity index is 747. The minimum Gasteiger partial charge on any atom is -0.208 e. The lowest BCUT2D eigenvalue weighted by Crippen LogP contribution is -2.37. The highest BCUT2D eigenvalue weighted by molar-refractivity contribution is 7.89. The van der Waals surface area contributed by atoms with Gasteiger partial charge in [-0.25, -0.2) is 13.1 Å². The molecule has 0 heterocycles. The third-order valence-corrected chi connectivity index (χ3v) is 6.30. The summed E-state index contributed by atoms with van der Waals surface area (Å²) in [4.78, 5) is 0.365. The number of hydrogen-bond donors (Lipinski definition) is 1. The molecular formula is C18H23NO2S. The Morgan fingerprint density at radius 2 is 1.68 bits per heavy atom. The molecule has 4 heteroatoms. The maximum Gasteiger partial charge on any atom is 0.240 e. The molecule has 0 unspecified atom stereocenters. The van der Waals surface area contributed by atoms with E-state index in [1.807, 2.05) is 30.3 Å². The van der Waals surface area contributed by atoms with Crippen molar-refractivity contribution in [1.82, 2.24) is 4.72 Å². The van der Waals surface area contributed by atoms with E-state index in [0.29, 0.717) is 4.90 Å². The van der Waals surface area contributed by atoms with E-state index in [9.17, 15) is 8.42 Å². The smallest absolute Gasteiger partial charge is 0.208 e. The van der Waals surface area contributed by atoms with Crippen LogP contribution in [0.25, 0.3) is 10.8 Å². The molecule has 2 aromatic rings. The van der Waals surface area contributed by atoms with Gasteiger partial charge in [0.15, 0.2) is 0 Å². The van der Waals surface area contributed by atoms with E-state index in [2.05, 4.69) is 11.6 Å². The third kappa shape index (κ3) is 3.33. The van der Waals surface area contributed by atoms with Gasteiger partial charge in [-0.05, 0) is 54.5 Å². The van der Waals surface area contributed by atoms with Crippen molar-refractivity contribution in [3.63, 3.8) is 0 Å². The first kappa shape index (κ1) is 15.5. The number of rotatable bonds is 4. The summed E-state index contributed by atoms with van der Waals surface area (Å²) in [6.45, 7) is 2.21. The summed E-state index contributed by atoms with van der Waals surface area (Å²) >= 11 is 0. The first-order valence-electron chi connectivity index (χ1n) is 8.09.